The minimum absolute atomic E-state index is 0.00494. The van der Waals surface area contributed by atoms with Crippen molar-refractivity contribution in [1.82, 2.24) is 4.31 Å². The van der Waals surface area contributed by atoms with Gasteiger partial charge in [-0.3, -0.25) is 0 Å². The van der Waals surface area contributed by atoms with Crippen LogP contribution in [0, 0.1) is 6.92 Å². The Balaban J connectivity index is 2.08. The van der Waals surface area contributed by atoms with Crippen molar-refractivity contribution in [1.29, 1.82) is 0 Å². The second-order valence-electron chi connectivity index (χ2n) is 5.81. The van der Waals surface area contributed by atoms with E-state index in [0.29, 0.717) is 10.6 Å². The molecule has 0 saturated carbocycles. The van der Waals surface area contributed by atoms with Crippen molar-refractivity contribution in [2.75, 3.05) is 6.54 Å². The van der Waals surface area contributed by atoms with Crippen LogP contribution in [0.4, 0.5) is 0 Å². The number of aryl methyl sites for hydroxylation is 1. The molecule has 3 rings (SSSR count). The third kappa shape index (κ3) is 3.33. The van der Waals surface area contributed by atoms with Crippen molar-refractivity contribution in [3.63, 3.8) is 0 Å². The molecule has 1 heterocycles. The first-order valence-corrected chi connectivity index (χ1v) is 9.40. The van der Waals surface area contributed by atoms with Crippen LogP contribution in [-0.4, -0.2) is 30.3 Å². The SMILES string of the molecule is Cc1ccc(S(=O)(=O)N2CC=C(C(=O)O)C2c2cccc(Cl)c2)cc1. The number of halogens is 1. The maximum Gasteiger partial charge on any atom is 0.333 e. The minimum Gasteiger partial charge on any atom is -0.478 e. The zero-order valence-electron chi connectivity index (χ0n) is 13.4. The summed E-state index contributed by atoms with van der Waals surface area (Å²) in [4.78, 5) is 11.7. The van der Waals surface area contributed by atoms with Gasteiger partial charge in [0.1, 0.15) is 0 Å². The van der Waals surface area contributed by atoms with E-state index < -0.39 is 22.0 Å². The highest BCUT2D eigenvalue weighted by Gasteiger charge is 2.40. The molecule has 0 fully saturated rings. The molecule has 1 aliphatic rings. The standard InChI is InChI=1S/C18H16ClNO4S/c1-12-5-7-15(8-6-12)25(23,24)20-10-9-16(18(21)22)17(20)13-3-2-4-14(19)11-13/h2-9,11,17H,10H2,1H3,(H,21,22). The van der Waals surface area contributed by atoms with Crippen molar-refractivity contribution in [3.05, 3.63) is 76.3 Å². The van der Waals surface area contributed by atoms with E-state index in [4.69, 9.17) is 11.6 Å². The number of carbonyl (C=O) groups is 1. The fraction of sp³-hybridized carbons (Fsp3) is 0.167. The van der Waals surface area contributed by atoms with Crippen LogP contribution in [0.2, 0.25) is 5.02 Å². The van der Waals surface area contributed by atoms with Gasteiger partial charge in [-0.2, -0.15) is 4.31 Å². The quantitative estimate of drug-likeness (QED) is 0.886. The van der Waals surface area contributed by atoms with Crippen molar-refractivity contribution in [2.45, 2.75) is 17.9 Å². The molecule has 0 spiro atoms. The van der Waals surface area contributed by atoms with Crippen LogP contribution in [0.15, 0.2) is 65.1 Å². The van der Waals surface area contributed by atoms with Gasteiger partial charge < -0.3 is 5.11 Å². The topological polar surface area (TPSA) is 74.7 Å². The summed E-state index contributed by atoms with van der Waals surface area (Å²) in [7, 11) is -3.86. The molecule has 5 nitrogen and oxygen atoms in total. The number of nitrogens with zero attached hydrogens (tertiary/aromatic N) is 1. The van der Waals surface area contributed by atoms with Gasteiger partial charge in [-0.15, -0.1) is 0 Å². The molecule has 25 heavy (non-hydrogen) atoms. The minimum atomic E-state index is -3.86. The largest absolute Gasteiger partial charge is 0.478 e. The van der Waals surface area contributed by atoms with Gasteiger partial charge in [0.25, 0.3) is 0 Å². The molecule has 0 aromatic heterocycles. The molecule has 2 aromatic carbocycles. The number of carboxylic acid groups (broad SMARTS) is 1. The molecule has 7 heteroatoms. The van der Waals surface area contributed by atoms with Crippen molar-refractivity contribution >= 4 is 27.6 Å². The molecule has 2 aromatic rings. The first kappa shape index (κ1) is 17.7. The lowest BCUT2D eigenvalue weighted by Crippen LogP contribution is -2.33. The summed E-state index contributed by atoms with van der Waals surface area (Å²) < 4.78 is 27.3. The molecule has 0 aliphatic carbocycles. The normalized spacial score (nSPS) is 18.2. The van der Waals surface area contributed by atoms with Gasteiger partial charge >= 0.3 is 5.97 Å². The van der Waals surface area contributed by atoms with E-state index in [1.807, 2.05) is 6.92 Å². The third-order valence-electron chi connectivity index (χ3n) is 4.11. The molecule has 0 saturated heterocycles. The van der Waals surface area contributed by atoms with E-state index in [9.17, 15) is 18.3 Å². The number of sulfonamides is 1. The van der Waals surface area contributed by atoms with Crippen molar-refractivity contribution in [3.8, 4) is 0 Å². The summed E-state index contributed by atoms with van der Waals surface area (Å²) >= 11 is 6.01. The van der Waals surface area contributed by atoms with E-state index in [1.54, 1.807) is 36.4 Å². The number of benzene rings is 2. The van der Waals surface area contributed by atoms with Crippen LogP contribution in [0.1, 0.15) is 17.2 Å². The fourth-order valence-corrected chi connectivity index (χ4v) is 4.60. The Morgan fingerprint density at radius 1 is 1.20 bits per heavy atom. The van der Waals surface area contributed by atoms with Crippen LogP contribution in [0.5, 0.6) is 0 Å². The Bertz CT molecular complexity index is 951. The fourth-order valence-electron chi connectivity index (χ4n) is 2.87. The maximum absolute atomic E-state index is 13.0. The van der Waals surface area contributed by atoms with Crippen LogP contribution in [-0.2, 0) is 14.8 Å². The van der Waals surface area contributed by atoms with Crippen LogP contribution in [0.3, 0.4) is 0 Å². The highest BCUT2D eigenvalue weighted by Crippen LogP contribution is 2.38. The monoisotopic (exact) mass is 377 g/mol. The van der Waals surface area contributed by atoms with E-state index in [-0.39, 0.29) is 17.0 Å². The zero-order valence-corrected chi connectivity index (χ0v) is 15.0. The van der Waals surface area contributed by atoms with Gasteiger partial charge in [0.15, 0.2) is 0 Å². The average molecular weight is 378 g/mol. The lowest BCUT2D eigenvalue weighted by atomic mass is 10.0. The molecule has 0 amide bonds. The smallest absolute Gasteiger partial charge is 0.333 e. The highest BCUT2D eigenvalue weighted by molar-refractivity contribution is 7.89. The summed E-state index contributed by atoms with van der Waals surface area (Å²) in [6.07, 6.45) is 1.43. The molecule has 1 aliphatic heterocycles. The molecule has 1 N–H and O–H groups in total. The van der Waals surface area contributed by atoms with E-state index >= 15 is 0 Å². The molecule has 1 unspecified atom stereocenters. The first-order chi connectivity index (χ1) is 11.8. The lowest BCUT2D eigenvalue weighted by Gasteiger charge is -2.26. The third-order valence-corrected chi connectivity index (χ3v) is 6.19. The number of hydrogen-bond acceptors (Lipinski definition) is 3. The van der Waals surface area contributed by atoms with E-state index in [1.165, 1.54) is 22.5 Å². The zero-order chi connectivity index (χ0) is 18.2. The van der Waals surface area contributed by atoms with Crippen LogP contribution >= 0.6 is 11.6 Å². The average Bonchev–Trinajstić information content (AvgIpc) is 3.01. The summed E-state index contributed by atoms with van der Waals surface area (Å²) in [6, 6.07) is 12.2. The van der Waals surface area contributed by atoms with Crippen molar-refractivity contribution in [2.24, 2.45) is 0 Å². The van der Waals surface area contributed by atoms with Gasteiger partial charge in [0, 0.05) is 11.6 Å². The van der Waals surface area contributed by atoms with Crippen LogP contribution in [0.25, 0.3) is 0 Å². The van der Waals surface area contributed by atoms with Gasteiger partial charge in [-0.1, -0.05) is 47.5 Å². The molecular weight excluding hydrogens is 362 g/mol. The highest BCUT2D eigenvalue weighted by atomic mass is 35.5. The lowest BCUT2D eigenvalue weighted by molar-refractivity contribution is -0.133. The number of hydrogen-bond donors (Lipinski definition) is 1. The van der Waals surface area contributed by atoms with Gasteiger partial charge in [0.2, 0.25) is 10.0 Å². The summed E-state index contributed by atoms with van der Waals surface area (Å²) in [6.45, 7) is 1.86. The van der Waals surface area contributed by atoms with Crippen molar-refractivity contribution < 1.29 is 18.3 Å². The van der Waals surface area contributed by atoms with E-state index in [2.05, 4.69) is 0 Å². The van der Waals surface area contributed by atoms with Gasteiger partial charge in [-0.05, 0) is 36.8 Å². The second kappa shape index (κ2) is 6.63. The second-order valence-corrected chi connectivity index (χ2v) is 8.14. The summed E-state index contributed by atoms with van der Waals surface area (Å²) in [5.74, 6) is -1.15. The predicted molar refractivity (Wildman–Crippen MR) is 95.0 cm³/mol. The van der Waals surface area contributed by atoms with Gasteiger partial charge in [0.05, 0.1) is 16.5 Å². The Morgan fingerprint density at radius 2 is 1.88 bits per heavy atom. The molecule has 130 valence electrons. The molecule has 0 bridgehead atoms. The molecular formula is C18H16ClNO4S. The summed E-state index contributed by atoms with van der Waals surface area (Å²) in [5.41, 5.74) is 1.49. The summed E-state index contributed by atoms with van der Waals surface area (Å²) in [5, 5.41) is 9.90. The Morgan fingerprint density at radius 3 is 2.48 bits per heavy atom. The van der Waals surface area contributed by atoms with E-state index in [0.717, 1.165) is 5.56 Å². The van der Waals surface area contributed by atoms with Crippen LogP contribution < -0.4 is 0 Å². The predicted octanol–water partition coefficient (Wildman–Crippen LogP) is 3.41. The Labute approximate surface area is 151 Å². The first-order valence-electron chi connectivity index (χ1n) is 7.58. The number of aliphatic carboxylic acids is 1. The molecule has 0 radical (unpaired) electrons. The number of carboxylic acids is 1. The number of rotatable bonds is 4. The van der Waals surface area contributed by atoms with Gasteiger partial charge in [-0.25, -0.2) is 13.2 Å². The Hall–Kier alpha value is -2.15. The maximum atomic E-state index is 13.0. The molecule has 1 atom stereocenters. The Kier molecular flexibility index (Phi) is 4.69.